The lowest BCUT2D eigenvalue weighted by Gasteiger charge is -2.18. The Kier molecular flexibility index (Phi) is 5.85. The van der Waals surface area contributed by atoms with Crippen LogP contribution in [0.3, 0.4) is 0 Å². The van der Waals surface area contributed by atoms with E-state index in [4.69, 9.17) is 4.52 Å². The third-order valence-corrected chi connectivity index (χ3v) is 7.10. The fourth-order valence-electron chi connectivity index (χ4n) is 3.20. The number of halogens is 1. The molecule has 29 heavy (non-hydrogen) atoms. The highest BCUT2D eigenvalue weighted by Crippen LogP contribution is 2.24. The molecule has 0 N–H and O–H groups in total. The smallest absolute Gasteiger partial charge is 0.248 e. The minimum atomic E-state index is -3.64. The molecule has 8 nitrogen and oxygen atoms in total. The van der Waals surface area contributed by atoms with E-state index in [9.17, 15) is 12.8 Å². The maximum Gasteiger partial charge on any atom is 0.248 e. The van der Waals surface area contributed by atoms with E-state index < -0.39 is 10.0 Å². The molecular formula is C19H24FN5O3S. The summed E-state index contributed by atoms with van der Waals surface area (Å²) in [4.78, 5) is 4.49. The Hall–Kier alpha value is -2.59. The summed E-state index contributed by atoms with van der Waals surface area (Å²) in [5.74, 6) is 0.161. The van der Waals surface area contributed by atoms with Crippen LogP contribution in [0.2, 0.25) is 0 Å². The van der Waals surface area contributed by atoms with Crippen LogP contribution in [0.4, 0.5) is 4.39 Å². The van der Waals surface area contributed by atoms with Crippen molar-refractivity contribution < 1.29 is 17.3 Å². The first-order chi connectivity index (χ1) is 13.7. The molecule has 0 spiro atoms. The number of hydrogen-bond acceptors (Lipinski definition) is 6. The van der Waals surface area contributed by atoms with Crippen molar-refractivity contribution in [3.63, 3.8) is 0 Å². The first-order valence-electron chi connectivity index (χ1n) is 9.32. The van der Waals surface area contributed by atoms with Gasteiger partial charge in [-0.1, -0.05) is 31.1 Å². The van der Waals surface area contributed by atoms with Crippen molar-refractivity contribution in [2.45, 2.75) is 46.1 Å². The predicted octanol–water partition coefficient (Wildman–Crippen LogP) is 3.08. The number of aromatic nitrogens is 4. The first-order valence-corrected chi connectivity index (χ1v) is 10.8. The highest BCUT2D eigenvalue weighted by atomic mass is 32.2. The van der Waals surface area contributed by atoms with Gasteiger partial charge in [-0.15, -0.1) is 0 Å². The topological polar surface area (TPSA) is 94.1 Å². The molecule has 0 aliphatic heterocycles. The van der Waals surface area contributed by atoms with E-state index in [0.717, 1.165) is 0 Å². The predicted molar refractivity (Wildman–Crippen MR) is 105 cm³/mol. The Bertz CT molecular complexity index is 1130. The summed E-state index contributed by atoms with van der Waals surface area (Å²) < 4.78 is 47.9. The number of hydrogen-bond donors (Lipinski definition) is 0. The molecule has 0 saturated heterocycles. The zero-order valence-electron chi connectivity index (χ0n) is 17.1. The van der Waals surface area contributed by atoms with E-state index in [1.165, 1.54) is 15.1 Å². The summed E-state index contributed by atoms with van der Waals surface area (Å²) in [6.07, 6.45) is 0. The summed E-state index contributed by atoms with van der Waals surface area (Å²) in [6.45, 7) is 9.49. The summed E-state index contributed by atoms with van der Waals surface area (Å²) in [6, 6.07) is 4.71. The molecule has 0 radical (unpaired) electrons. The zero-order chi connectivity index (χ0) is 21.3. The van der Waals surface area contributed by atoms with E-state index in [1.807, 2.05) is 0 Å². The fraction of sp³-hybridized carbons (Fsp3) is 0.421. The molecule has 0 bridgehead atoms. The van der Waals surface area contributed by atoms with Crippen LogP contribution in [0.1, 0.15) is 36.7 Å². The van der Waals surface area contributed by atoms with Crippen LogP contribution in [0.25, 0.3) is 11.4 Å². The lowest BCUT2D eigenvalue weighted by Crippen LogP contribution is -2.31. The van der Waals surface area contributed by atoms with Gasteiger partial charge in [0.2, 0.25) is 21.7 Å². The van der Waals surface area contributed by atoms with Crippen molar-refractivity contribution in [3.8, 4) is 11.4 Å². The Labute approximate surface area is 169 Å². The molecule has 0 fully saturated rings. The number of sulfonamides is 1. The van der Waals surface area contributed by atoms with Gasteiger partial charge in [0.1, 0.15) is 17.3 Å². The van der Waals surface area contributed by atoms with Crippen LogP contribution in [0, 0.1) is 26.6 Å². The van der Waals surface area contributed by atoms with Crippen molar-refractivity contribution >= 4 is 10.0 Å². The van der Waals surface area contributed by atoms with E-state index in [0.29, 0.717) is 35.6 Å². The Morgan fingerprint density at radius 1 is 1.17 bits per heavy atom. The van der Waals surface area contributed by atoms with E-state index in [-0.39, 0.29) is 29.0 Å². The van der Waals surface area contributed by atoms with E-state index >= 15 is 0 Å². The molecule has 0 amide bonds. The van der Waals surface area contributed by atoms with Gasteiger partial charge in [-0.25, -0.2) is 12.8 Å². The molecule has 156 valence electrons. The molecule has 1 aromatic carbocycles. The van der Waals surface area contributed by atoms with Gasteiger partial charge >= 0.3 is 0 Å². The van der Waals surface area contributed by atoms with Crippen LogP contribution in [-0.2, 0) is 16.6 Å². The lowest BCUT2D eigenvalue weighted by molar-refractivity contribution is 0.364. The first kappa shape index (κ1) is 21.1. The maximum absolute atomic E-state index is 13.8. The summed E-state index contributed by atoms with van der Waals surface area (Å²) in [7, 11) is -3.64. The molecule has 0 saturated carbocycles. The van der Waals surface area contributed by atoms with Crippen molar-refractivity contribution in [1.82, 2.24) is 24.2 Å². The molecule has 2 aromatic heterocycles. The standard InChI is InChI=1S/C19H24FN5O3S/c1-6-24(7-2)29(26,27)18-13(4)22-25(14(18)5)11-17-21-19(23-28-17)15-9-8-12(3)16(20)10-15/h8-10H,6-7,11H2,1-5H3. The highest BCUT2D eigenvalue weighted by molar-refractivity contribution is 7.89. The van der Waals surface area contributed by atoms with Gasteiger partial charge in [-0.2, -0.15) is 14.4 Å². The Morgan fingerprint density at radius 2 is 1.86 bits per heavy atom. The number of rotatable bonds is 7. The summed E-state index contributed by atoms with van der Waals surface area (Å²) in [5, 5.41) is 8.25. The third-order valence-electron chi connectivity index (χ3n) is 4.80. The second-order valence-corrected chi connectivity index (χ2v) is 8.60. The van der Waals surface area contributed by atoms with E-state index in [2.05, 4.69) is 15.2 Å². The molecule has 0 aliphatic carbocycles. The van der Waals surface area contributed by atoms with Gasteiger partial charge in [0.15, 0.2) is 0 Å². The van der Waals surface area contributed by atoms with Crippen molar-refractivity contribution in [2.75, 3.05) is 13.1 Å². The Balaban J connectivity index is 1.91. The van der Waals surface area contributed by atoms with Crippen molar-refractivity contribution in [1.29, 1.82) is 0 Å². The second kappa shape index (κ2) is 8.03. The second-order valence-electron chi connectivity index (χ2n) is 6.72. The molecule has 10 heteroatoms. The highest BCUT2D eigenvalue weighted by Gasteiger charge is 2.29. The molecular weight excluding hydrogens is 397 g/mol. The average molecular weight is 421 g/mol. The molecule has 3 aromatic rings. The monoisotopic (exact) mass is 421 g/mol. The number of benzene rings is 1. The van der Waals surface area contributed by atoms with Crippen molar-refractivity contribution in [2.24, 2.45) is 0 Å². The summed E-state index contributed by atoms with van der Waals surface area (Å²) in [5.41, 5.74) is 1.94. The zero-order valence-corrected chi connectivity index (χ0v) is 17.9. The van der Waals surface area contributed by atoms with Crippen LogP contribution in [0.15, 0.2) is 27.6 Å². The minimum Gasteiger partial charge on any atom is -0.337 e. The molecule has 3 rings (SSSR count). The molecule has 0 atom stereocenters. The maximum atomic E-state index is 13.8. The van der Waals surface area contributed by atoms with Gasteiger partial charge in [-0.3, -0.25) is 4.68 Å². The van der Waals surface area contributed by atoms with Crippen LogP contribution >= 0.6 is 0 Å². The van der Waals surface area contributed by atoms with Gasteiger partial charge in [0.05, 0.1) is 11.4 Å². The van der Waals surface area contributed by atoms with E-state index in [1.54, 1.807) is 46.8 Å². The van der Waals surface area contributed by atoms with Crippen LogP contribution in [0.5, 0.6) is 0 Å². The SMILES string of the molecule is CCN(CC)S(=O)(=O)c1c(C)nn(Cc2nc(-c3ccc(C)c(F)c3)no2)c1C. The third kappa shape index (κ3) is 3.95. The van der Waals surface area contributed by atoms with Gasteiger partial charge in [0, 0.05) is 18.7 Å². The molecule has 0 aliphatic rings. The van der Waals surface area contributed by atoms with Crippen molar-refractivity contribution in [3.05, 3.63) is 46.9 Å². The lowest BCUT2D eigenvalue weighted by atomic mass is 10.1. The van der Waals surface area contributed by atoms with Crippen LogP contribution in [-0.4, -0.2) is 45.7 Å². The largest absolute Gasteiger partial charge is 0.337 e. The molecule has 0 unspecified atom stereocenters. The minimum absolute atomic E-state index is 0.113. The van der Waals surface area contributed by atoms with Gasteiger partial charge < -0.3 is 4.52 Å². The number of nitrogens with zero attached hydrogens (tertiary/aromatic N) is 5. The van der Waals surface area contributed by atoms with Gasteiger partial charge in [-0.05, 0) is 32.4 Å². The average Bonchev–Trinajstić information content (AvgIpc) is 3.23. The fourth-order valence-corrected chi connectivity index (χ4v) is 5.03. The summed E-state index contributed by atoms with van der Waals surface area (Å²) >= 11 is 0. The van der Waals surface area contributed by atoms with Crippen LogP contribution < -0.4 is 0 Å². The number of aryl methyl sites for hydroxylation is 2. The normalized spacial score (nSPS) is 12.1. The Morgan fingerprint density at radius 3 is 2.48 bits per heavy atom. The molecule has 2 heterocycles. The van der Waals surface area contributed by atoms with Gasteiger partial charge in [0.25, 0.3) is 0 Å². The quantitative estimate of drug-likeness (QED) is 0.582.